The minimum Gasteiger partial charge on any atom is -0.351 e. The molecule has 2 N–H and O–H groups in total. The highest BCUT2D eigenvalue weighted by Gasteiger charge is 2.24. The zero-order valence-corrected chi connectivity index (χ0v) is 16.1. The molecule has 7 heteroatoms. The summed E-state index contributed by atoms with van der Waals surface area (Å²) in [5.74, 6) is 0.632. The molecule has 134 valence electrons. The molecular weight excluding hydrogens is 382 g/mol. The molecule has 25 heavy (non-hydrogen) atoms. The predicted octanol–water partition coefficient (Wildman–Crippen LogP) is 3.14. The van der Waals surface area contributed by atoms with Crippen molar-refractivity contribution in [3.8, 4) is 0 Å². The Labute approximate surface area is 155 Å². The number of nitrogens with zero attached hydrogens (tertiary/aromatic N) is 3. The Balaban J connectivity index is 1.80. The first kappa shape index (κ1) is 17.0. The van der Waals surface area contributed by atoms with E-state index in [0.29, 0.717) is 16.5 Å². The van der Waals surface area contributed by atoms with Crippen molar-refractivity contribution in [2.24, 2.45) is 0 Å². The number of rotatable bonds is 3. The van der Waals surface area contributed by atoms with Crippen molar-refractivity contribution in [3.63, 3.8) is 0 Å². The molecule has 0 spiro atoms. The van der Waals surface area contributed by atoms with Gasteiger partial charge in [0.25, 0.3) is 5.56 Å². The molecule has 4 rings (SSSR count). The fourth-order valence-corrected chi connectivity index (χ4v) is 4.43. The lowest BCUT2D eigenvalue weighted by atomic mass is 10.1. The maximum atomic E-state index is 12.9. The van der Waals surface area contributed by atoms with Gasteiger partial charge in [-0.1, -0.05) is 12.8 Å². The molecule has 2 aliphatic rings. The van der Waals surface area contributed by atoms with Crippen LogP contribution in [0.1, 0.15) is 50.1 Å². The molecule has 0 amide bonds. The van der Waals surface area contributed by atoms with Crippen molar-refractivity contribution in [3.05, 3.63) is 26.6 Å². The lowest BCUT2D eigenvalue weighted by Crippen LogP contribution is -2.35. The van der Waals surface area contributed by atoms with Gasteiger partial charge in [-0.25, -0.2) is 4.98 Å². The largest absolute Gasteiger partial charge is 0.351 e. The summed E-state index contributed by atoms with van der Waals surface area (Å²) in [6.07, 6.45) is 8.44. The molecule has 1 saturated heterocycles. The SMILES string of the molecule is Cc1c(Br)c(=O)n(C2CCCC2)c2nc(NC3CCNCC3)ncc12. The van der Waals surface area contributed by atoms with Crippen molar-refractivity contribution >= 4 is 32.9 Å². The average Bonchev–Trinajstić information content (AvgIpc) is 3.15. The molecule has 0 aromatic carbocycles. The number of hydrogen-bond donors (Lipinski definition) is 2. The standard InChI is InChI=1S/C18H24BrN5O/c1-11-14-10-21-18(22-12-6-8-20-9-7-12)23-16(14)24(17(25)15(11)19)13-4-2-3-5-13/h10,12-13,20H,2-9H2,1H3,(H,21,22,23). The topological polar surface area (TPSA) is 71.8 Å². The average molecular weight is 406 g/mol. The second-order valence-electron chi connectivity index (χ2n) is 7.15. The number of halogens is 1. The summed E-state index contributed by atoms with van der Waals surface area (Å²) in [5.41, 5.74) is 1.72. The van der Waals surface area contributed by atoms with Crippen molar-refractivity contribution in [1.29, 1.82) is 0 Å². The van der Waals surface area contributed by atoms with Gasteiger partial charge in [0.2, 0.25) is 5.95 Å². The molecular formula is C18H24BrN5O. The lowest BCUT2D eigenvalue weighted by Gasteiger charge is -2.24. The molecule has 1 saturated carbocycles. The van der Waals surface area contributed by atoms with E-state index in [1.165, 1.54) is 12.8 Å². The van der Waals surface area contributed by atoms with Crippen LogP contribution in [-0.2, 0) is 0 Å². The molecule has 1 aliphatic carbocycles. The number of pyridine rings is 1. The number of aromatic nitrogens is 3. The summed E-state index contributed by atoms with van der Waals surface area (Å²) in [6, 6.07) is 0.635. The van der Waals surface area contributed by atoms with E-state index in [2.05, 4.69) is 31.5 Å². The Kier molecular flexibility index (Phi) is 4.78. The van der Waals surface area contributed by atoms with Gasteiger partial charge in [0, 0.05) is 23.7 Å². The molecule has 2 fully saturated rings. The summed E-state index contributed by atoms with van der Waals surface area (Å²) in [6.45, 7) is 3.99. The highest BCUT2D eigenvalue weighted by molar-refractivity contribution is 9.10. The first-order chi connectivity index (χ1) is 12.1. The fourth-order valence-electron chi connectivity index (χ4n) is 4.02. The van der Waals surface area contributed by atoms with Gasteiger partial charge < -0.3 is 10.6 Å². The monoisotopic (exact) mass is 405 g/mol. The minimum atomic E-state index is 0.0309. The van der Waals surface area contributed by atoms with Crippen LogP contribution in [0.4, 0.5) is 5.95 Å². The third kappa shape index (κ3) is 3.19. The highest BCUT2D eigenvalue weighted by atomic mass is 79.9. The number of anilines is 1. The van der Waals surface area contributed by atoms with Gasteiger partial charge in [0.15, 0.2) is 0 Å². The van der Waals surface area contributed by atoms with Crippen LogP contribution in [0, 0.1) is 6.92 Å². The van der Waals surface area contributed by atoms with E-state index in [1.807, 2.05) is 17.7 Å². The number of hydrogen-bond acceptors (Lipinski definition) is 5. The Morgan fingerprint density at radius 1 is 1.24 bits per heavy atom. The van der Waals surface area contributed by atoms with Crippen molar-refractivity contribution in [2.75, 3.05) is 18.4 Å². The third-order valence-electron chi connectivity index (χ3n) is 5.50. The molecule has 2 aromatic heterocycles. The second-order valence-corrected chi connectivity index (χ2v) is 7.94. The highest BCUT2D eigenvalue weighted by Crippen LogP contribution is 2.32. The van der Waals surface area contributed by atoms with Crippen LogP contribution in [0.25, 0.3) is 11.0 Å². The summed E-state index contributed by atoms with van der Waals surface area (Å²) in [4.78, 5) is 22.2. The summed E-state index contributed by atoms with van der Waals surface area (Å²) in [7, 11) is 0. The Morgan fingerprint density at radius 2 is 1.96 bits per heavy atom. The van der Waals surface area contributed by atoms with E-state index >= 15 is 0 Å². The fraction of sp³-hybridized carbons (Fsp3) is 0.611. The Morgan fingerprint density at radius 3 is 2.68 bits per heavy atom. The number of aryl methyl sites for hydroxylation is 1. The van der Waals surface area contributed by atoms with Crippen LogP contribution in [-0.4, -0.2) is 33.7 Å². The van der Waals surface area contributed by atoms with Gasteiger partial charge in [0.05, 0.1) is 4.47 Å². The van der Waals surface area contributed by atoms with Crippen molar-refractivity contribution in [2.45, 2.75) is 57.5 Å². The zero-order valence-electron chi connectivity index (χ0n) is 14.5. The van der Waals surface area contributed by atoms with Crippen molar-refractivity contribution < 1.29 is 0 Å². The molecule has 0 bridgehead atoms. The smallest absolute Gasteiger partial charge is 0.267 e. The Bertz CT molecular complexity index is 837. The molecule has 6 nitrogen and oxygen atoms in total. The molecule has 1 aliphatic heterocycles. The van der Waals surface area contributed by atoms with Gasteiger partial charge in [-0.2, -0.15) is 4.98 Å². The maximum absolute atomic E-state index is 12.9. The predicted molar refractivity (Wildman–Crippen MR) is 103 cm³/mol. The number of nitrogens with one attached hydrogen (secondary N) is 2. The van der Waals surface area contributed by atoms with Gasteiger partial charge in [-0.05, 0) is 67.2 Å². The summed E-state index contributed by atoms with van der Waals surface area (Å²) >= 11 is 3.48. The quantitative estimate of drug-likeness (QED) is 0.820. The van der Waals surface area contributed by atoms with E-state index < -0.39 is 0 Å². The lowest BCUT2D eigenvalue weighted by molar-refractivity contribution is 0.477. The number of piperidine rings is 1. The van der Waals surface area contributed by atoms with E-state index in [4.69, 9.17) is 4.98 Å². The van der Waals surface area contributed by atoms with E-state index in [1.54, 1.807) is 0 Å². The first-order valence-electron chi connectivity index (χ1n) is 9.19. The first-order valence-corrected chi connectivity index (χ1v) is 9.99. The van der Waals surface area contributed by atoms with E-state index in [0.717, 1.165) is 55.4 Å². The number of fused-ring (bicyclic) bond motifs is 1. The van der Waals surface area contributed by atoms with Crippen LogP contribution >= 0.6 is 15.9 Å². The molecule has 0 unspecified atom stereocenters. The molecule has 0 atom stereocenters. The normalized spacial score (nSPS) is 19.6. The molecule has 3 heterocycles. The molecule has 2 aromatic rings. The van der Waals surface area contributed by atoms with E-state index in [-0.39, 0.29) is 11.6 Å². The van der Waals surface area contributed by atoms with Crippen LogP contribution in [0.5, 0.6) is 0 Å². The maximum Gasteiger partial charge on any atom is 0.267 e. The van der Waals surface area contributed by atoms with Crippen molar-refractivity contribution in [1.82, 2.24) is 19.9 Å². The third-order valence-corrected chi connectivity index (χ3v) is 6.43. The van der Waals surface area contributed by atoms with Gasteiger partial charge in [-0.15, -0.1) is 0 Å². The summed E-state index contributed by atoms with van der Waals surface area (Å²) < 4.78 is 2.53. The second kappa shape index (κ2) is 7.03. The van der Waals surface area contributed by atoms with E-state index in [9.17, 15) is 4.79 Å². The van der Waals surface area contributed by atoms with Gasteiger partial charge in [-0.3, -0.25) is 9.36 Å². The van der Waals surface area contributed by atoms with Gasteiger partial charge >= 0.3 is 0 Å². The van der Waals surface area contributed by atoms with Crippen LogP contribution in [0.15, 0.2) is 15.5 Å². The Hall–Kier alpha value is -1.47. The van der Waals surface area contributed by atoms with Crippen LogP contribution in [0.2, 0.25) is 0 Å². The van der Waals surface area contributed by atoms with Crippen LogP contribution in [0.3, 0.4) is 0 Å². The zero-order chi connectivity index (χ0) is 17.4. The van der Waals surface area contributed by atoms with Gasteiger partial charge in [0.1, 0.15) is 5.65 Å². The van der Waals surface area contributed by atoms with Crippen LogP contribution < -0.4 is 16.2 Å². The summed E-state index contributed by atoms with van der Waals surface area (Å²) in [5, 5.41) is 7.77. The minimum absolute atomic E-state index is 0.0309. The molecule has 0 radical (unpaired) electrons.